The molecule has 4 heteroatoms. The Balaban J connectivity index is 2.47. The molecule has 1 fully saturated rings. The number of amides is 1. The van der Waals surface area contributed by atoms with Crippen LogP contribution in [-0.4, -0.2) is 25.2 Å². The quantitative estimate of drug-likeness (QED) is 0.632. The average Bonchev–Trinajstić information content (AvgIpc) is 2.66. The summed E-state index contributed by atoms with van der Waals surface area (Å²) in [5.74, 6) is -0.188. The van der Waals surface area contributed by atoms with Crippen molar-refractivity contribution >= 4 is 5.91 Å². The van der Waals surface area contributed by atoms with Gasteiger partial charge < -0.3 is 10.1 Å². The smallest absolute Gasteiger partial charge is 0.244 e. The first-order chi connectivity index (χ1) is 6.27. The molecule has 0 aromatic heterocycles. The average molecular weight is 180 g/mol. The Morgan fingerprint density at radius 3 is 3.08 bits per heavy atom. The van der Waals surface area contributed by atoms with Crippen LogP contribution in [-0.2, 0) is 9.53 Å². The van der Waals surface area contributed by atoms with Crippen LogP contribution in [0, 0.1) is 17.2 Å². The van der Waals surface area contributed by atoms with E-state index in [4.69, 9.17) is 10.00 Å². The van der Waals surface area contributed by atoms with E-state index in [1.165, 1.54) is 6.08 Å². The van der Waals surface area contributed by atoms with Gasteiger partial charge in [0.2, 0.25) is 5.91 Å². The van der Waals surface area contributed by atoms with Gasteiger partial charge in [0.15, 0.2) is 0 Å². The van der Waals surface area contributed by atoms with E-state index in [-0.39, 0.29) is 11.8 Å². The summed E-state index contributed by atoms with van der Waals surface area (Å²) < 4.78 is 5.13. The van der Waals surface area contributed by atoms with Gasteiger partial charge >= 0.3 is 0 Å². The lowest BCUT2D eigenvalue weighted by Gasteiger charge is -2.15. The van der Waals surface area contributed by atoms with E-state index in [2.05, 4.69) is 11.9 Å². The van der Waals surface area contributed by atoms with Crippen LogP contribution in [0.5, 0.6) is 0 Å². The molecule has 0 bridgehead atoms. The van der Waals surface area contributed by atoms with Gasteiger partial charge in [-0.25, -0.2) is 0 Å². The van der Waals surface area contributed by atoms with Crippen molar-refractivity contribution in [2.45, 2.75) is 12.5 Å². The first-order valence-corrected chi connectivity index (χ1v) is 4.18. The van der Waals surface area contributed by atoms with E-state index in [1.54, 1.807) is 0 Å². The number of rotatable bonds is 3. The minimum atomic E-state index is -0.451. The number of ether oxygens (including phenoxy) is 1. The first kappa shape index (κ1) is 9.75. The van der Waals surface area contributed by atoms with Crippen LogP contribution in [0.25, 0.3) is 0 Å². The third-order valence-electron chi connectivity index (χ3n) is 2.06. The van der Waals surface area contributed by atoms with Crippen LogP contribution in [0.3, 0.4) is 0 Å². The lowest BCUT2D eigenvalue weighted by Crippen LogP contribution is -2.38. The van der Waals surface area contributed by atoms with E-state index in [0.29, 0.717) is 13.2 Å². The van der Waals surface area contributed by atoms with Gasteiger partial charge in [-0.1, -0.05) is 6.58 Å². The van der Waals surface area contributed by atoms with Crippen LogP contribution < -0.4 is 5.32 Å². The molecule has 1 amide bonds. The van der Waals surface area contributed by atoms with Crippen molar-refractivity contribution in [3.63, 3.8) is 0 Å². The van der Waals surface area contributed by atoms with Gasteiger partial charge in [0, 0.05) is 12.5 Å². The second kappa shape index (κ2) is 4.63. The lowest BCUT2D eigenvalue weighted by atomic mass is 10.0. The number of nitrogens with one attached hydrogen (secondary N) is 1. The number of nitriles is 1. The number of carbonyl (C=O) groups excluding carboxylic acids is 1. The summed E-state index contributed by atoms with van der Waals surface area (Å²) in [6.07, 6.45) is 2.00. The Bertz CT molecular complexity index is 238. The minimum absolute atomic E-state index is 0.119. The molecule has 0 spiro atoms. The molecule has 0 saturated carbocycles. The fraction of sp³-hybridized carbons (Fsp3) is 0.556. The number of nitrogens with zero attached hydrogens (tertiary/aromatic N) is 1. The van der Waals surface area contributed by atoms with Gasteiger partial charge in [0.1, 0.15) is 6.04 Å². The van der Waals surface area contributed by atoms with E-state index in [9.17, 15) is 4.79 Å². The summed E-state index contributed by atoms with van der Waals surface area (Å²) >= 11 is 0. The standard InChI is InChI=1S/C9H12N2O2/c1-2-9(12)11-8(5-10)7-3-4-13-6-7/h2,7-8H,1,3-4,6H2,(H,11,12). The monoisotopic (exact) mass is 180 g/mol. The largest absolute Gasteiger partial charge is 0.381 e. The van der Waals surface area contributed by atoms with E-state index >= 15 is 0 Å². The fourth-order valence-corrected chi connectivity index (χ4v) is 1.28. The second-order valence-corrected chi connectivity index (χ2v) is 2.94. The Kier molecular flexibility index (Phi) is 3.47. The predicted octanol–water partition coefficient (Wildman–Crippen LogP) is 0.217. The van der Waals surface area contributed by atoms with Crippen molar-refractivity contribution in [3.8, 4) is 6.07 Å². The Morgan fingerprint density at radius 2 is 2.62 bits per heavy atom. The zero-order valence-electron chi connectivity index (χ0n) is 7.32. The summed E-state index contributed by atoms with van der Waals surface area (Å²) in [5.41, 5.74) is 0. The van der Waals surface area contributed by atoms with Crippen molar-refractivity contribution in [2.75, 3.05) is 13.2 Å². The molecule has 70 valence electrons. The molecule has 1 rings (SSSR count). The van der Waals surface area contributed by atoms with Crippen molar-refractivity contribution in [1.29, 1.82) is 5.26 Å². The van der Waals surface area contributed by atoms with Crippen LogP contribution in [0.15, 0.2) is 12.7 Å². The molecule has 1 heterocycles. The lowest BCUT2D eigenvalue weighted by molar-refractivity contribution is -0.117. The van der Waals surface area contributed by atoms with Crippen molar-refractivity contribution in [1.82, 2.24) is 5.32 Å². The molecule has 1 N–H and O–H groups in total. The fourth-order valence-electron chi connectivity index (χ4n) is 1.28. The van der Waals surface area contributed by atoms with Crippen LogP contribution >= 0.6 is 0 Å². The Labute approximate surface area is 77.2 Å². The molecule has 0 aromatic carbocycles. The molecule has 4 nitrogen and oxygen atoms in total. The van der Waals surface area contributed by atoms with Crippen molar-refractivity contribution < 1.29 is 9.53 Å². The number of hydrogen-bond donors (Lipinski definition) is 1. The SMILES string of the molecule is C=CC(=O)NC(C#N)C1CCOC1. The number of hydrogen-bond acceptors (Lipinski definition) is 3. The van der Waals surface area contributed by atoms with Crippen LogP contribution in [0.1, 0.15) is 6.42 Å². The number of carbonyl (C=O) groups is 1. The first-order valence-electron chi connectivity index (χ1n) is 4.18. The maximum absolute atomic E-state index is 10.9. The van der Waals surface area contributed by atoms with Gasteiger partial charge in [-0.15, -0.1) is 0 Å². The Morgan fingerprint density at radius 1 is 1.85 bits per heavy atom. The molecule has 0 aliphatic carbocycles. The zero-order chi connectivity index (χ0) is 9.68. The summed E-state index contributed by atoms with van der Waals surface area (Å²) in [4.78, 5) is 10.9. The molecule has 0 aromatic rings. The topological polar surface area (TPSA) is 62.1 Å². The highest BCUT2D eigenvalue weighted by molar-refractivity contribution is 5.87. The molecular weight excluding hydrogens is 168 g/mol. The molecule has 1 saturated heterocycles. The van der Waals surface area contributed by atoms with Gasteiger partial charge in [-0.3, -0.25) is 4.79 Å². The summed E-state index contributed by atoms with van der Waals surface area (Å²) in [6, 6.07) is 1.60. The highest BCUT2D eigenvalue weighted by Crippen LogP contribution is 2.16. The predicted molar refractivity (Wildman–Crippen MR) is 46.7 cm³/mol. The third-order valence-corrected chi connectivity index (χ3v) is 2.06. The minimum Gasteiger partial charge on any atom is -0.381 e. The Hall–Kier alpha value is -1.34. The second-order valence-electron chi connectivity index (χ2n) is 2.94. The van der Waals surface area contributed by atoms with Crippen molar-refractivity contribution in [2.24, 2.45) is 5.92 Å². The summed E-state index contributed by atoms with van der Waals surface area (Å²) in [5, 5.41) is 11.3. The van der Waals surface area contributed by atoms with Gasteiger partial charge in [0.25, 0.3) is 0 Å². The van der Waals surface area contributed by atoms with E-state index < -0.39 is 6.04 Å². The summed E-state index contributed by atoms with van der Waals surface area (Å²) in [6.45, 7) is 4.55. The molecular formula is C9H12N2O2. The molecule has 2 unspecified atom stereocenters. The van der Waals surface area contributed by atoms with Gasteiger partial charge in [0.05, 0.1) is 12.7 Å². The zero-order valence-corrected chi connectivity index (χ0v) is 7.32. The molecule has 2 atom stereocenters. The normalized spacial score (nSPS) is 23.2. The van der Waals surface area contributed by atoms with Gasteiger partial charge in [-0.05, 0) is 12.5 Å². The van der Waals surface area contributed by atoms with E-state index in [1.807, 2.05) is 6.07 Å². The summed E-state index contributed by atoms with van der Waals surface area (Å²) in [7, 11) is 0. The van der Waals surface area contributed by atoms with Crippen LogP contribution in [0.4, 0.5) is 0 Å². The van der Waals surface area contributed by atoms with Gasteiger partial charge in [-0.2, -0.15) is 5.26 Å². The molecule has 1 aliphatic rings. The maximum atomic E-state index is 10.9. The van der Waals surface area contributed by atoms with E-state index in [0.717, 1.165) is 6.42 Å². The van der Waals surface area contributed by atoms with Crippen molar-refractivity contribution in [3.05, 3.63) is 12.7 Å². The van der Waals surface area contributed by atoms with Crippen LogP contribution in [0.2, 0.25) is 0 Å². The molecule has 0 radical (unpaired) electrons. The maximum Gasteiger partial charge on any atom is 0.244 e. The highest BCUT2D eigenvalue weighted by Gasteiger charge is 2.26. The molecule has 1 aliphatic heterocycles. The third kappa shape index (κ3) is 2.56. The highest BCUT2D eigenvalue weighted by atomic mass is 16.5. The molecule has 13 heavy (non-hydrogen) atoms.